The number of benzene rings is 1. The number of rotatable bonds is 4. The molecule has 0 N–H and O–H groups in total. The maximum Gasteiger partial charge on any atom is 0.276 e. The first-order valence-corrected chi connectivity index (χ1v) is 9.03. The molecule has 0 bridgehead atoms. The monoisotopic (exact) mass is 361 g/mol. The minimum absolute atomic E-state index is 0.0463. The highest BCUT2D eigenvalue weighted by atomic mass is 35.5. The zero-order valence-corrected chi connectivity index (χ0v) is 15.7. The first kappa shape index (κ1) is 17.9. The van der Waals surface area contributed by atoms with Gasteiger partial charge in [0.25, 0.3) is 5.91 Å². The molecule has 1 amide bonds. The van der Waals surface area contributed by atoms with Crippen LogP contribution in [-0.2, 0) is 0 Å². The molecule has 2 aromatic rings. The summed E-state index contributed by atoms with van der Waals surface area (Å²) < 4.78 is 1.66. The average Bonchev–Trinajstić information content (AvgIpc) is 2.96. The number of carbonyl (C=O) groups is 1. The lowest BCUT2D eigenvalue weighted by Gasteiger charge is -2.35. The van der Waals surface area contributed by atoms with Gasteiger partial charge >= 0.3 is 0 Å². The number of halogens is 1. The average molecular weight is 362 g/mol. The van der Waals surface area contributed by atoms with E-state index in [0.29, 0.717) is 16.6 Å². The highest BCUT2D eigenvalue weighted by Gasteiger charge is 2.26. The smallest absolute Gasteiger partial charge is 0.276 e. The summed E-state index contributed by atoms with van der Waals surface area (Å²) in [7, 11) is 0. The van der Waals surface area contributed by atoms with E-state index in [4.69, 9.17) is 11.6 Å². The molecule has 3 rings (SSSR count). The van der Waals surface area contributed by atoms with Crippen molar-refractivity contribution in [3.63, 3.8) is 0 Å². The summed E-state index contributed by atoms with van der Waals surface area (Å²) in [4.78, 5) is 17.1. The van der Waals surface area contributed by atoms with Crippen LogP contribution in [-0.4, -0.2) is 63.4 Å². The van der Waals surface area contributed by atoms with Crippen molar-refractivity contribution in [2.75, 3.05) is 32.7 Å². The number of aromatic nitrogens is 3. The lowest BCUT2D eigenvalue weighted by Crippen LogP contribution is -2.49. The van der Waals surface area contributed by atoms with Crippen LogP contribution < -0.4 is 0 Å². The van der Waals surface area contributed by atoms with Gasteiger partial charge in [-0.05, 0) is 31.0 Å². The topological polar surface area (TPSA) is 54.3 Å². The molecule has 1 aliphatic heterocycles. The first-order valence-electron chi connectivity index (χ1n) is 8.65. The standard InChI is InChI=1S/C18H24ClN5O/c1-13(2)12-22-7-9-23(10-8-22)18(25)17-14(3)24(21-20-17)16-6-4-5-15(19)11-16/h4-6,11,13H,7-10,12H2,1-3H3. The molecule has 0 saturated carbocycles. The quantitative estimate of drug-likeness (QED) is 0.840. The van der Waals surface area contributed by atoms with Crippen molar-refractivity contribution in [1.29, 1.82) is 0 Å². The predicted molar refractivity (Wildman–Crippen MR) is 98.3 cm³/mol. The molecule has 2 heterocycles. The van der Waals surface area contributed by atoms with Gasteiger partial charge in [-0.25, -0.2) is 4.68 Å². The van der Waals surface area contributed by atoms with E-state index < -0.39 is 0 Å². The molecule has 134 valence electrons. The van der Waals surface area contributed by atoms with Gasteiger partial charge in [-0.15, -0.1) is 5.10 Å². The molecule has 1 aliphatic rings. The number of piperazine rings is 1. The fourth-order valence-corrected chi connectivity index (χ4v) is 3.36. The summed E-state index contributed by atoms with van der Waals surface area (Å²) in [5.41, 5.74) is 1.95. The Morgan fingerprint density at radius 1 is 1.24 bits per heavy atom. The van der Waals surface area contributed by atoms with Crippen LogP contribution in [0.25, 0.3) is 5.69 Å². The summed E-state index contributed by atoms with van der Waals surface area (Å²) in [6, 6.07) is 7.36. The van der Waals surface area contributed by atoms with Crippen LogP contribution in [0.5, 0.6) is 0 Å². The van der Waals surface area contributed by atoms with E-state index in [0.717, 1.165) is 44.1 Å². The van der Waals surface area contributed by atoms with Crippen LogP contribution in [0.3, 0.4) is 0 Å². The summed E-state index contributed by atoms with van der Waals surface area (Å²) in [5.74, 6) is 0.595. The van der Waals surface area contributed by atoms with Crippen molar-refractivity contribution >= 4 is 17.5 Å². The fraction of sp³-hybridized carbons (Fsp3) is 0.500. The summed E-state index contributed by atoms with van der Waals surface area (Å²) in [6.07, 6.45) is 0. The van der Waals surface area contributed by atoms with Crippen LogP contribution in [0.2, 0.25) is 5.02 Å². The third kappa shape index (κ3) is 4.02. The van der Waals surface area contributed by atoms with Crippen LogP contribution in [0, 0.1) is 12.8 Å². The second-order valence-electron chi connectivity index (χ2n) is 6.90. The molecule has 1 fully saturated rings. The molecule has 1 aromatic heterocycles. The fourth-order valence-electron chi connectivity index (χ4n) is 3.18. The van der Waals surface area contributed by atoms with E-state index in [1.165, 1.54) is 0 Å². The largest absolute Gasteiger partial charge is 0.335 e. The third-order valence-corrected chi connectivity index (χ3v) is 4.67. The van der Waals surface area contributed by atoms with Crippen molar-refractivity contribution in [2.45, 2.75) is 20.8 Å². The van der Waals surface area contributed by atoms with Gasteiger partial charge in [0.05, 0.1) is 11.4 Å². The summed E-state index contributed by atoms with van der Waals surface area (Å²) in [6.45, 7) is 10.7. The normalized spacial score (nSPS) is 15.8. The molecule has 0 radical (unpaired) electrons. The number of carbonyl (C=O) groups excluding carboxylic acids is 1. The SMILES string of the molecule is Cc1c(C(=O)N2CCN(CC(C)C)CC2)nnn1-c1cccc(Cl)c1. The number of hydrogen-bond donors (Lipinski definition) is 0. The van der Waals surface area contributed by atoms with Gasteiger partial charge in [-0.2, -0.15) is 0 Å². The molecule has 1 saturated heterocycles. The number of amides is 1. The Labute approximate surface area is 153 Å². The van der Waals surface area contributed by atoms with Crippen molar-refractivity contribution in [2.24, 2.45) is 5.92 Å². The van der Waals surface area contributed by atoms with Gasteiger partial charge in [0, 0.05) is 37.7 Å². The molecular formula is C18H24ClN5O. The lowest BCUT2D eigenvalue weighted by atomic mass is 10.2. The molecule has 25 heavy (non-hydrogen) atoms. The van der Waals surface area contributed by atoms with E-state index in [2.05, 4.69) is 29.1 Å². The van der Waals surface area contributed by atoms with Crippen LogP contribution >= 0.6 is 11.6 Å². The van der Waals surface area contributed by atoms with Gasteiger partial charge in [0.2, 0.25) is 0 Å². The van der Waals surface area contributed by atoms with Crippen LogP contribution in [0.15, 0.2) is 24.3 Å². The maximum absolute atomic E-state index is 12.8. The Morgan fingerprint density at radius 3 is 2.60 bits per heavy atom. The highest BCUT2D eigenvalue weighted by Crippen LogP contribution is 2.18. The Balaban J connectivity index is 1.72. The van der Waals surface area contributed by atoms with E-state index in [1.54, 1.807) is 10.7 Å². The van der Waals surface area contributed by atoms with Crippen molar-refractivity contribution < 1.29 is 4.79 Å². The molecule has 1 aromatic carbocycles. The van der Waals surface area contributed by atoms with Crippen molar-refractivity contribution in [1.82, 2.24) is 24.8 Å². The second kappa shape index (κ2) is 7.54. The molecule has 0 unspecified atom stereocenters. The Morgan fingerprint density at radius 2 is 1.96 bits per heavy atom. The number of nitrogens with zero attached hydrogens (tertiary/aromatic N) is 5. The number of hydrogen-bond acceptors (Lipinski definition) is 4. The Bertz CT molecular complexity index is 750. The van der Waals surface area contributed by atoms with E-state index in [-0.39, 0.29) is 5.91 Å². The molecule has 0 atom stereocenters. The first-order chi connectivity index (χ1) is 12.0. The van der Waals surface area contributed by atoms with Gasteiger partial charge in [-0.1, -0.05) is 36.7 Å². The third-order valence-electron chi connectivity index (χ3n) is 4.43. The lowest BCUT2D eigenvalue weighted by molar-refractivity contribution is 0.0617. The van der Waals surface area contributed by atoms with E-state index >= 15 is 0 Å². The van der Waals surface area contributed by atoms with E-state index in [1.807, 2.05) is 30.0 Å². The molecule has 7 heteroatoms. The predicted octanol–water partition coefficient (Wildman–Crippen LogP) is 2.64. The molecule has 6 nitrogen and oxygen atoms in total. The Hall–Kier alpha value is -1.92. The van der Waals surface area contributed by atoms with Crippen LogP contribution in [0.1, 0.15) is 30.0 Å². The van der Waals surface area contributed by atoms with Gasteiger partial charge in [0.1, 0.15) is 0 Å². The van der Waals surface area contributed by atoms with Gasteiger partial charge in [0.15, 0.2) is 5.69 Å². The minimum Gasteiger partial charge on any atom is -0.335 e. The maximum atomic E-state index is 12.8. The minimum atomic E-state index is -0.0463. The van der Waals surface area contributed by atoms with Crippen molar-refractivity contribution in [3.05, 3.63) is 40.7 Å². The molecule has 0 aliphatic carbocycles. The highest BCUT2D eigenvalue weighted by molar-refractivity contribution is 6.30. The summed E-state index contributed by atoms with van der Waals surface area (Å²) in [5, 5.41) is 8.90. The van der Waals surface area contributed by atoms with Crippen molar-refractivity contribution in [3.8, 4) is 5.69 Å². The van der Waals surface area contributed by atoms with Gasteiger partial charge < -0.3 is 4.90 Å². The summed E-state index contributed by atoms with van der Waals surface area (Å²) >= 11 is 6.05. The zero-order chi connectivity index (χ0) is 18.0. The molecular weight excluding hydrogens is 338 g/mol. The Kier molecular flexibility index (Phi) is 5.39. The van der Waals surface area contributed by atoms with Crippen LogP contribution in [0.4, 0.5) is 0 Å². The van der Waals surface area contributed by atoms with Gasteiger partial charge in [-0.3, -0.25) is 9.69 Å². The van der Waals surface area contributed by atoms with E-state index in [9.17, 15) is 4.79 Å². The molecule has 0 spiro atoms. The second-order valence-corrected chi connectivity index (χ2v) is 7.34. The zero-order valence-electron chi connectivity index (χ0n) is 14.9.